The van der Waals surface area contributed by atoms with Crippen LogP contribution in [0.1, 0.15) is 13.8 Å². The molecule has 0 aliphatic carbocycles. The first-order valence-corrected chi connectivity index (χ1v) is 2.62. The first-order chi connectivity index (χ1) is 1.73. The van der Waals surface area contributed by atoms with Gasteiger partial charge in [0.05, 0.1) is 0 Å². The molecule has 0 radical (unpaired) electrons. The van der Waals surface area contributed by atoms with Gasteiger partial charge in [-0.15, -0.1) is 24.0 Å². The van der Waals surface area contributed by atoms with Gasteiger partial charge in [0.2, 0.25) is 0 Å². The summed E-state index contributed by atoms with van der Waals surface area (Å²) in [4.78, 5) is 0. The van der Waals surface area contributed by atoms with Gasteiger partial charge in [-0.1, -0.05) is 36.4 Å². The van der Waals surface area contributed by atoms with E-state index >= 15 is 0 Å². The predicted octanol–water partition coefficient (Wildman–Crippen LogP) is 2.45. The van der Waals surface area contributed by atoms with Gasteiger partial charge in [-0.25, -0.2) is 0 Å². The third kappa shape index (κ3) is 30.7. The summed E-state index contributed by atoms with van der Waals surface area (Å²) in [5.41, 5.74) is 0. The Morgan fingerprint density at radius 2 is 1.40 bits per heavy atom. The molecule has 0 unspecified atom stereocenters. The zero-order valence-electron chi connectivity index (χ0n) is 3.36. The summed E-state index contributed by atoms with van der Waals surface area (Å²) in [7, 11) is 0. The van der Waals surface area contributed by atoms with Crippen LogP contribution in [0, 0.1) is 0 Å². The second-order valence-corrected chi connectivity index (χ2v) is 3.51. The highest BCUT2D eigenvalue weighted by atomic mass is 127. The summed E-state index contributed by atoms with van der Waals surface area (Å²) in [6, 6.07) is 0. The molecule has 0 bridgehead atoms. The summed E-state index contributed by atoms with van der Waals surface area (Å²) in [6.07, 6.45) is 0. The van der Waals surface area contributed by atoms with E-state index in [9.17, 15) is 0 Å². The molecule has 5 heavy (non-hydrogen) atoms. The molecule has 0 aliphatic heterocycles. The number of rotatable bonds is 0. The van der Waals surface area contributed by atoms with Crippen LogP contribution in [-0.2, 0) is 0 Å². The van der Waals surface area contributed by atoms with Crippen molar-refractivity contribution in [3.63, 3.8) is 0 Å². The first-order valence-electron chi connectivity index (χ1n) is 1.37. The zero-order valence-corrected chi connectivity index (χ0v) is 7.85. The van der Waals surface area contributed by atoms with E-state index in [0.29, 0.717) is 0 Å². The minimum Gasteiger partial charge on any atom is -0.107 e. The lowest BCUT2D eigenvalue weighted by Crippen LogP contribution is -1.69. The van der Waals surface area contributed by atoms with Crippen LogP contribution in [0.3, 0.4) is 0 Å². The quantitative estimate of drug-likeness (QED) is 0.476. The Hall–Kier alpha value is 1.46. The van der Waals surface area contributed by atoms with E-state index in [-0.39, 0.29) is 24.0 Å². The van der Waals surface area contributed by atoms with Crippen molar-refractivity contribution in [1.82, 2.24) is 0 Å². The molecule has 0 spiro atoms. The summed E-state index contributed by atoms with van der Waals surface area (Å²) in [6.45, 7) is 4.31. The van der Waals surface area contributed by atoms with E-state index in [1.54, 1.807) is 0 Å². The summed E-state index contributed by atoms with van der Waals surface area (Å²) < 4.78 is 0.803. The highest BCUT2D eigenvalue weighted by Crippen LogP contribution is 1.91. The number of hydrogen-bond donors (Lipinski definition) is 0. The molecule has 0 aliphatic rings. The van der Waals surface area contributed by atoms with Gasteiger partial charge in [0.25, 0.3) is 0 Å². The molecule has 0 aromatic carbocycles. The molecule has 0 fully saturated rings. The molecule has 0 nitrogen and oxygen atoms in total. The second kappa shape index (κ2) is 5.46. The van der Waals surface area contributed by atoms with Crippen LogP contribution in [0.15, 0.2) is 0 Å². The van der Waals surface area contributed by atoms with E-state index < -0.39 is 0 Å². The molecule has 34 valence electrons. The van der Waals surface area contributed by atoms with E-state index in [2.05, 4.69) is 36.4 Å². The maximum atomic E-state index is 2.34. The molecule has 0 atom stereocenters. The largest absolute Gasteiger partial charge is 0.107 e. The summed E-state index contributed by atoms with van der Waals surface area (Å²) in [5, 5.41) is 0. The molecule has 2 heteroatoms. The fraction of sp³-hybridized carbons (Fsp3) is 1.00. The Bertz CT molecular complexity index is 9.61. The average Bonchev–Trinajstić information content (AvgIpc) is 0.811. The molecule has 0 heterocycles. The van der Waals surface area contributed by atoms with Gasteiger partial charge in [0.1, 0.15) is 0 Å². The minimum atomic E-state index is 0. The Balaban J connectivity index is 0. The molecule has 0 aromatic heterocycles. The van der Waals surface area contributed by atoms with Gasteiger partial charge < -0.3 is 0 Å². The standard InChI is InChI=1S/C3H7I.HI/c1-3(2)4;/h3H,1-2H3;1H. The molecular weight excluding hydrogens is 290 g/mol. The van der Waals surface area contributed by atoms with Crippen molar-refractivity contribution in [1.29, 1.82) is 0 Å². The van der Waals surface area contributed by atoms with Crippen molar-refractivity contribution >= 4 is 46.6 Å². The average molecular weight is 298 g/mol. The fourth-order valence-electron chi connectivity index (χ4n) is 0. The predicted molar refractivity (Wildman–Crippen MR) is 44.6 cm³/mol. The molecule has 0 N–H and O–H groups in total. The van der Waals surface area contributed by atoms with Gasteiger partial charge in [-0.3, -0.25) is 0 Å². The smallest absolute Gasteiger partial charge is 0.00530 e. The lowest BCUT2D eigenvalue weighted by Gasteiger charge is -1.76. The van der Waals surface area contributed by atoms with Crippen molar-refractivity contribution in [3.05, 3.63) is 0 Å². The van der Waals surface area contributed by atoms with Gasteiger partial charge in [0, 0.05) is 3.92 Å². The molecule has 0 saturated heterocycles. The first kappa shape index (κ1) is 9.68. The normalized spacial score (nSPS) is 7.20. The molecule has 0 amide bonds. The van der Waals surface area contributed by atoms with Gasteiger partial charge in [-0.05, 0) is 0 Å². The Morgan fingerprint density at radius 1 is 1.40 bits per heavy atom. The van der Waals surface area contributed by atoms with E-state index in [1.165, 1.54) is 0 Å². The van der Waals surface area contributed by atoms with E-state index in [4.69, 9.17) is 0 Å². The van der Waals surface area contributed by atoms with Crippen molar-refractivity contribution in [2.45, 2.75) is 17.8 Å². The molecule has 0 aromatic rings. The van der Waals surface area contributed by atoms with Crippen molar-refractivity contribution in [2.75, 3.05) is 0 Å². The van der Waals surface area contributed by atoms with Gasteiger partial charge in [0.15, 0.2) is 0 Å². The van der Waals surface area contributed by atoms with Crippen LogP contribution >= 0.6 is 46.6 Å². The summed E-state index contributed by atoms with van der Waals surface area (Å²) >= 11 is 2.34. The highest BCUT2D eigenvalue weighted by molar-refractivity contribution is 14.1. The SMILES string of the molecule is CC(C)I.I. The Labute approximate surface area is 63.9 Å². The Morgan fingerprint density at radius 3 is 1.40 bits per heavy atom. The van der Waals surface area contributed by atoms with E-state index in [0.717, 1.165) is 3.92 Å². The highest BCUT2D eigenvalue weighted by Gasteiger charge is 1.70. The van der Waals surface area contributed by atoms with Crippen molar-refractivity contribution in [3.8, 4) is 0 Å². The van der Waals surface area contributed by atoms with Crippen molar-refractivity contribution < 1.29 is 0 Å². The second-order valence-electron chi connectivity index (χ2n) is 1.01. The minimum absolute atomic E-state index is 0. The molecule has 0 saturated carbocycles. The molecular formula is C3H8I2. The van der Waals surface area contributed by atoms with E-state index in [1.807, 2.05) is 0 Å². The van der Waals surface area contributed by atoms with Gasteiger partial charge in [-0.2, -0.15) is 0 Å². The van der Waals surface area contributed by atoms with Crippen molar-refractivity contribution in [2.24, 2.45) is 0 Å². The Kier molecular flexibility index (Phi) is 10.6. The lowest BCUT2D eigenvalue weighted by molar-refractivity contribution is 1.16. The third-order valence-corrected chi connectivity index (χ3v) is 0. The van der Waals surface area contributed by atoms with Crippen LogP contribution in [0.4, 0.5) is 0 Å². The van der Waals surface area contributed by atoms with Crippen LogP contribution in [0.5, 0.6) is 0 Å². The maximum Gasteiger partial charge on any atom is 0.00530 e. The third-order valence-electron chi connectivity index (χ3n) is 0. The molecule has 0 rings (SSSR count). The van der Waals surface area contributed by atoms with Crippen LogP contribution in [0.25, 0.3) is 0 Å². The number of halogens is 2. The van der Waals surface area contributed by atoms with Crippen LogP contribution < -0.4 is 0 Å². The lowest BCUT2D eigenvalue weighted by atomic mass is 10.6. The topological polar surface area (TPSA) is 0 Å². The summed E-state index contributed by atoms with van der Waals surface area (Å²) in [5.74, 6) is 0. The van der Waals surface area contributed by atoms with Gasteiger partial charge >= 0.3 is 0 Å². The fourth-order valence-corrected chi connectivity index (χ4v) is 0. The van der Waals surface area contributed by atoms with Crippen LogP contribution in [-0.4, -0.2) is 3.92 Å². The monoisotopic (exact) mass is 298 g/mol. The number of alkyl halides is 1. The van der Waals surface area contributed by atoms with Crippen LogP contribution in [0.2, 0.25) is 0 Å². The maximum absolute atomic E-state index is 2.34. The number of hydrogen-bond acceptors (Lipinski definition) is 0. The zero-order chi connectivity index (χ0) is 3.58.